The summed E-state index contributed by atoms with van der Waals surface area (Å²) in [5, 5.41) is 5.48. The van der Waals surface area contributed by atoms with Gasteiger partial charge in [0.1, 0.15) is 5.75 Å². The maximum atomic E-state index is 12.2. The number of benzene rings is 1. The van der Waals surface area contributed by atoms with Crippen molar-refractivity contribution < 1.29 is 14.3 Å². The van der Waals surface area contributed by atoms with Crippen LogP contribution < -0.4 is 20.3 Å². The van der Waals surface area contributed by atoms with Crippen LogP contribution in [0, 0.1) is 0 Å². The number of urea groups is 1. The van der Waals surface area contributed by atoms with Gasteiger partial charge in [-0.15, -0.1) is 0 Å². The van der Waals surface area contributed by atoms with Crippen molar-refractivity contribution >= 4 is 23.4 Å². The largest absolute Gasteiger partial charge is 0.492 e. The Morgan fingerprint density at radius 3 is 2.64 bits per heavy atom. The van der Waals surface area contributed by atoms with Crippen molar-refractivity contribution in [1.29, 1.82) is 0 Å². The third-order valence-electron chi connectivity index (χ3n) is 3.63. The minimum absolute atomic E-state index is 0.380. The maximum Gasteiger partial charge on any atom is 0.323 e. The van der Waals surface area contributed by atoms with Crippen molar-refractivity contribution in [1.82, 2.24) is 9.97 Å². The number of hydrogen-bond acceptors (Lipinski definition) is 6. The van der Waals surface area contributed by atoms with E-state index < -0.39 is 0 Å². The van der Waals surface area contributed by atoms with Gasteiger partial charge >= 0.3 is 6.03 Å². The molecule has 8 heteroatoms. The molecule has 25 heavy (non-hydrogen) atoms. The fraction of sp³-hybridized carbons (Fsp3) is 0.353. The Labute approximate surface area is 146 Å². The first kappa shape index (κ1) is 17.0. The molecule has 1 fully saturated rings. The predicted octanol–water partition coefficient (Wildman–Crippen LogP) is 2.36. The zero-order valence-corrected chi connectivity index (χ0v) is 14.1. The average molecular weight is 343 g/mol. The first-order valence-corrected chi connectivity index (χ1v) is 8.21. The lowest BCUT2D eigenvalue weighted by Crippen LogP contribution is -2.37. The molecule has 1 saturated heterocycles. The van der Waals surface area contributed by atoms with E-state index in [1.54, 1.807) is 24.5 Å². The summed E-state index contributed by atoms with van der Waals surface area (Å²) in [6.45, 7) is 5.29. The molecule has 1 aliphatic rings. The minimum Gasteiger partial charge on any atom is -0.492 e. The van der Waals surface area contributed by atoms with E-state index in [1.807, 2.05) is 24.0 Å². The number of carbonyl (C=O) groups is 1. The van der Waals surface area contributed by atoms with Crippen LogP contribution in [0.15, 0.2) is 36.7 Å². The van der Waals surface area contributed by atoms with Crippen molar-refractivity contribution in [2.75, 3.05) is 48.4 Å². The highest BCUT2D eigenvalue weighted by Gasteiger charge is 2.14. The summed E-state index contributed by atoms with van der Waals surface area (Å²) in [5.41, 5.74) is 1.12. The van der Waals surface area contributed by atoms with Gasteiger partial charge in [0.05, 0.1) is 43.6 Å². The molecule has 2 aromatic rings. The zero-order chi connectivity index (χ0) is 17.5. The number of anilines is 3. The Kier molecular flexibility index (Phi) is 5.63. The van der Waals surface area contributed by atoms with Gasteiger partial charge in [-0.05, 0) is 19.1 Å². The van der Waals surface area contributed by atoms with Crippen LogP contribution in [0.3, 0.4) is 0 Å². The van der Waals surface area contributed by atoms with Crippen LogP contribution in [-0.2, 0) is 4.74 Å². The Morgan fingerprint density at radius 2 is 1.92 bits per heavy atom. The van der Waals surface area contributed by atoms with Crippen LogP contribution in [0.1, 0.15) is 6.92 Å². The van der Waals surface area contributed by atoms with Gasteiger partial charge in [0.15, 0.2) is 0 Å². The zero-order valence-electron chi connectivity index (χ0n) is 14.1. The molecule has 132 valence electrons. The number of amides is 2. The number of morpholine rings is 1. The van der Waals surface area contributed by atoms with Crippen LogP contribution in [0.5, 0.6) is 5.75 Å². The third kappa shape index (κ3) is 4.57. The summed E-state index contributed by atoms with van der Waals surface area (Å²) in [4.78, 5) is 22.8. The lowest BCUT2D eigenvalue weighted by molar-refractivity contribution is 0.122. The molecular formula is C17H21N5O3. The van der Waals surface area contributed by atoms with Crippen LogP contribution in [0.25, 0.3) is 0 Å². The molecule has 1 aromatic carbocycles. The van der Waals surface area contributed by atoms with Crippen LogP contribution in [0.4, 0.5) is 22.1 Å². The fourth-order valence-corrected chi connectivity index (χ4v) is 2.45. The number of nitrogens with zero attached hydrogens (tertiary/aromatic N) is 3. The van der Waals surface area contributed by atoms with Gasteiger partial charge in [-0.25, -0.2) is 14.8 Å². The van der Waals surface area contributed by atoms with E-state index in [1.165, 1.54) is 0 Å². The van der Waals surface area contributed by atoms with E-state index in [-0.39, 0.29) is 6.03 Å². The van der Waals surface area contributed by atoms with Crippen LogP contribution >= 0.6 is 0 Å². The number of aromatic nitrogens is 2. The number of rotatable bonds is 5. The first-order valence-electron chi connectivity index (χ1n) is 8.21. The standard InChI is InChI=1S/C17H21N5O3/c1-2-25-15-6-4-3-5-14(15)21-17(23)20-13-11-18-16(19-12-13)22-7-9-24-10-8-22/h3-6,11-12H,2,7-10H2,1H3,(H2,20,21,23). The summed E-state index contributed by atoms with van der Waals surface area (Å²) in [6, 6.07) is 6.89. The van der Waals surface area contributed by atoms with E-state index in [0.29, 0.717) is 42.9 Å². The highest BCUT2D eigenvalue weighted by Crippen LogP contribution is 2.23. The van der Waals surface area contributed by atoms with Crippen molar-refractivity contribution in [2.24, 2.45) is 0 Å². The van der Waals surface area contributed by atoms with Gasteiger partial charge in [-0.3, -0.25) is 0 Å². The molecule has 0 atom stereocenters. The van der Waals surface area contributed by atoms with Crippen molar-refractivity contribution in [3.8, 4) is 5.75 Å². The Balaban J connectivity index is 1.59. The number of nitrogens with one attached hydrogen (secondary N) is 2. The summed E-state index contributed by atoms with van der Waals surface area (Å²) < 4.78 is 10.8. The third-order valence-corrected chi connectivity index (χ3v) is 3.63. The summed E-state index contributed by atoms with van der Waals surface area (Å²) in [6.07, 6.45) is 3.18. The average Bonchev–Trinajstić information content (AvgIpc) is 2.65. The molecular weight excluding hydrogens is 322 g/mol. The number of para-hydroxylation sites is 2. The quantitative estimate of drug-likeness (QED) is 0.866. The summed E-state index contributed by atoms with van der Waals surface area (Å²) >= 11 is 0. The van der Waals surface area contributed by atoms with Gasteiger partial charge < -0.3 is 25.0 Å². The molecule has 0 radical (unpaired) electrons. The van der Waals surface area contributed by atoms with Gasteiger partial charge in [0.25, 0.3) is 0 Å². The van der Waals surface area contributed by atoms with E-state index >= 15 is 0 Å². The smallest absolute Gasteiger partial charge is 0.323 e. The van der Waals surface area contributed by atoms with Crippen molar-refractivity contribution in [2.45, 2.75) is 6.92 Å². The van der Waals surface area contributed by atoms with Gasteiger partial charge in [-0.2, -0.15) is 0 Å². The molecule has 1 aromatic heterocycles. The summed E-state index contributed by atoms with van der Waals surface area (Å²) in [7, 11) is 0. The SMILES string of the molecule is CCOc1ccccc1NC(=O)Nc1cnc(N2CCOCC2)nc1. The molecule has 0 saturated carbocycles. The molecule has 2 amide bonds. The predicted molar refractivity (Wildman–Crippen MR) is 95.3 cm³/mol. The van der Waals surface area contributed by atoms with Crippen LogP contribution in [0.2, 0.25) is 0 Å². The molecule has 1 aliphatic heterocycles. The van der Waals surface area contributed by atoms with E-state index in [0.717, 1.165) is 13.1 Å². The number of hydrogen-bond donors (Lipinski definition) is 2. The first-order chi connectivity index (χ1) is 12.3. The van der Waals surface area contributed by atoms with E-state index in [4.69, 9.17) is 9.47 Å². The van der Waals surface area contributed by atoms with Crippen molar-refractivity contribution in [3.63, 3.8) is 0 Å². The topological polar surface area (TPSA) is 88.6 Å². The Morgan fingerprint density at radius 1 is 1.20 bits per heavy atom. The molecule has 0 bridgehead atoms. The lowest BCUT2D eigenvalue weighted by atomic mass is 10.3. The molecule has 2 N–H and O–H groups in total. The number of carbonyl (C=O) groups excluding carboxylic acids is 1. The lowest BCUT2D eigenvalue weighted by Gasteiger charge is -2.26. The highest BCUT2D eigenvalue weighted by atomic mass is 16.5. The monoisotopic (exact) mass is 343 g/mol. The second kappa shape index (κ2) is 8.29. The Hall–Kier alpha value is -2.87. The minimum atomic E-state index is -0.380. The molecule has 0 aliphatic carbocycles. The van der Waals surface area contributed by atoms with Gasteiger partial charge in [-0.1, -0.05) is 12.1 Å². The fourth-order valence-electron chi connectivity index (χ4n) is 2.45. The van der Waals surface area contributed by atoms with E-state index in [2.05, 4.69) is 20.6 Å². The second-order valence-corrected chi connectivity index (χ2v) is 5.38. The molecule has 8 nitrogen and oxygen atoms in total. The molecule has 3 rings (SSSR count). The van der Waals surface area contributed by atoms with Gasteiger partial charge in [0, 0.05) is 13.1 Å². The van der Waals surface area contributed by atoms with Gasteiger partial charge in [0.2, 0.25) is 5.95 Å². The number of ether oxygens (including phenoxy) is 2. The molecule has 2 heterocycles. The second-order valence-electron chi connectivity index (χ2n) is 5.38. The maximum absolute atomic E-state index is 12.2. The van der Waals surface area contributed by atoms with E-state index in [9.17, 15) is 4.79 Å². The Bertz CT molecular complexity index is 702. The molecule has 0 unspecified atom stereocenters. The van der Waals surface area contributed by atoms with Crippen molar-refractivity contribution in [3.05, 3.63) is 36.7 Å². The highest BCUT2D eigenvalue weighted by molar-refractivity contribution is 6.00. The summed E-state index contributed by atoms with van der Waals surface area (Å²) in [5.74, 6) is 1.26. The normalized spacial score (nSPS) is 14.0. The molecule has 0 spiro atoms. The van der Waals surface area contributed by atoms with Crippen LogP contribution in [-0.4, -0.2) is 48.9 Å².